The molecule has 4 heteroatoms. The minimum Gasteiger partial charge on any atom is -0.462 e. The van der Waals surface area contributed by atoms with Crippen molar-refractivity contribution in [3.63, 3.8) is 0 Å². The molecule has 0 aromatic carbocycles. The largest absolute Gasteiger partial charge is 0.462 e. The van der Waals surface area contributed by atoms with Gasteiger partial charge in [-0.2, -0.15) is 0 Å². The molecule has 1 aliphatic rings. The SMILES string of the molecule is CCC(C)(C)C(=O)OCC1COC(C)(C)O1. The Hall–Kier alpha value is -0.610. The Morgan fingerprint density at radius 2 is 2.12 bits per heavy atom. The molecule has 4 nitrogen and oxygen atoms in total. The first-order chi connectivity index (χ1) is 7.27. The summed E-state index contributed by atoms with van der Waals surface area (Å²) in [5.41, 5.74) is -0.422. The van der Waals surface area contributed by atoms with Crippen LogP contribution in [-0.2, 0) is 19.0 Å². The van der Waals surface area contributed by atoms with Crippen molar-refractivity contribution in [3.8, 4) is 0 Å². The molecule has 0 aromatic heterocycles. The first-order valence-corrected chi connectivity index (χ1v) is 5.76. The third-order valence-electron chi connectivity index (χ3n) is 2.90. The van der Waals surface area contributed by atoms with Crippen LogP contribution < -0.4 is 0 Å². The molecule has 0 radical (unpaired) electrons. The first kappa shape index (κ1) is 13.5. The predicted molar refractivity (Wildman–Crippen MR) is 59.9 cm³/mol. The molecule has 94 valence electrons. The number of carbonyl (C=O) groups excluding carboxylic acids is 1. The van der Waals surface area contributed by atoms with E-state index in [-0.39, 0.29) is 18.7 Å². The zero-order valence-electron chi connectivity index (χ0n) is 10.8. The maximum absolute atomic E-state index is 11.7. The van der Waals surface area contributed by atoms with Crippen molar-refractivity contribution in [2.75, 3.05) is 13.2 Å². The van der Waals surface area contributed by atoms with Crippen LogP contribution in [0.15, 0.2) is 0 Å². The second-order valence-corrected chi connectivity index (χ2v) is 5.29. The summed E-state index contributed by atoms with van der Waals surface area (Å²) >= 11 is 0. The van der Waals surface area contributed by atoms with Crippen molar-refractivity contribution in [3.05, 3.63) is 0 Å². The van der Waals surface area contributed by atoms with Gasteiger partial charge in [-0.15, -0.1) is 0 Å². The van der Waals surface area contributed by atoms with E-state index < -0.39 is 11.2 Å². The predicted octanol–water partition coefficient (Wildman–Crippen LogP) is 2.12. The van der Waals surface area contributed by atoms with Crippen LogP contribution >= 0.6 is 0 Å². The molecule has 1 rings (SSSR count). The minimum atomic E-state index is -0.558. The minimum absolute atomic E-state index is 0.147. The normalized spacial score (nSPS) is 24.4. The van der Waals surface area contributed by atoms with Gasteiger partial charge in [0.1, 0.15) is 12.7 Å². The Balaban J connectivity index is 2.34. The van der Waals surface area contributed by atoms with Gasteiger partial charge in [-0.25, -0.2) is 0 Å². The molecule has 1 aliphatic heterocycles. The van der Waals surface area contributed by atoms with E-state index in [0.717, 1.165) is 6.42 Å². The molecule has 0 N–H and O–H groups in total. The molecule has 1 fully saturated rings. The molecular weight excluding hydrogens is 208 g/mol. The van der Waals surface area contributed by atoms with E-state index in [2.05, 4.69) is 0 Å². The highest BCUT2D eigenvalue weighted by Crippen LogP contribution is 2.24. The zero-order chi connectivity index (χ0) is 12.4. The maximum atomic E-state index is 11.7. The van der Waals surface area contributed by atoms with Crippen LogP contribution in [0.4, 0.5) is 0 Å². The van der Waals surface area contributed by atoms with E-state index in [0.29, 0.717) is 6.61 Å². The summed E-state index contributed by atoms with van der Waals surface area (Å²) in [6.07, 6.45) is 0.617. The summed E-state index contributed by atoms with van der Waals surface area (Å²) in [4.78, 5) is 11.7. The highest BCUT2D eigenvalue weighted by atomic mass is 16.7. The highest BCUT2D eigenvalue weighted by molar-refractivity contribution is 5.75. The van der Waals surface area contributed by atoms with Crippen LogP contribution in [0.1, 0.15) is 41.0 Å². The van der Waals surface area contributed by atoms with Gasteiger partial charge in [0.05, 0.1) is 12.0 Å². The lowest BCUT2D eigenvalue weighted by Crippen LogP contribution is -2.30. The Kier molecular flexibility index (Phi) is 3.97. The molecule has 0 bridgehead atoms. The van der Waals surface area contributed by atoms with Gasteiger partial charge in [-0.3, -0.25) is 4.79 Å². The lowest BCUT2D eigenvalue weighted by Gasteiger charge is -2.22. The van der Waals surface area contributed by atoms with Crippen LogP contribution in [0.5, 0.6) is 0 Å². The Labute approximate surface area is 97.2 Å². The topological polar surface area (TPSA) is 44.8 Å². The number of ether oxygens (including phenoxy) is 3. The van der Waals surface area contributed by atoms with Crippen LogP contribution in [0.3, 0.4) is 0 Å². The van der Waals surface area contributed by atoms with E-state index in [1.165, 1.54) is 0 Å². The first-order valence-electron chi connectivity index (χ1n) is 5.76. The summed E-state index contributed by atoms with van der Waals surface area (Å²) < 4.78 is 16.2. The van der Waals surface area contributed by atoms with Gasteiger partial charge in [0.25, 0.3) is 0 Å². The Bertz CT molecular complexity index is 258. The number of hydrogen-bond acceptors (Lipinski definition) is 4. The van der Waals surface area contributed by atoms with Crippen molar-refractivity contribution in [2.45, 2.75) is 52.9 Å². The Morgan fingerprint density at radius 3 is 2.56 bits per heavy atom. The molecule has 16 heavy (non-hydrogen) atoms. The van der Waals surface area contributed by atoms with Gasteiger partial charge >= 0.3 is 5.97 Å². The molecule has 0 aliphatic carbocycles. The lowest BCUT2D eigenvalue weighted by molar-refractivity contribution is -0.165. The van der Waals surface area contributed by atoms with Crippen molar-refractivity contribution in [2.24, 2.45) is 5.41 Å². The van der Waals surface area contributed by atoms with Crippen molar-refractivity contribution in [1.29, 1.82) is 0 Å². The van der Waals surface area contributed by atoms with Crippen molar-refractivity contribution < 1.29 is 19.0 Å². The molecule has 0 spiro atoms. The molecular formula is C12H22O4. The molecule has 1 unspecified atom stereocenters. The third kappa shape index (κ3) is 3.46. The fourth-order valence-corrected chi connectivity index (χ4v) is 1.35. The number of esters is 1. The average molecular weight is 230 g/mol. The highest BCUT2D eigenvalue weighted by Gasteiger charge is 2.34. The number of hydrogen-bond donors (Lipinski definition) is 0. The molecule has 0 aromatic rings. The fraction of sp³-hybridized carbons (Fsp3) is 0.917. The second kappa shape index (κ2) is 4.72. The van der Waals surface area contributed by atoms with Crippen LogP contribution in [-0.4, -0.2) is 31.1 Å². The summed E-state index contributed by atoms with van der Waals surface area (Å²) in [5, 5.41) is 0. The van der Waals surface area contributed by atoms with E-state index in [1.54, 1.807) is 0 Å². The second-order valence-electron chi connectivity index (χ2n) is 5.29. The quantitative estimate of drug-likeness (QED) is 0.694. The third-order valence-corrected chi connectivity index (χ3v) is 2.90. The van der Waals surface area contributed by atoms with Gasteiger partial charge in [0.15, 0.2) is 5.79 Å². The number of carbonyl (C=O) groups is 1. The number of rotatable bonds is 4. The van der Waals surface area contributed by atoms with Crippen molar-refractivity contribution >= 4 is 5.97 Å². The van der Waals surface area contributed by atoms with E-state index in [4.69, 9.17) is 14.2 Å². The van der Waals surface area contributed by atoms with Gasteiger partial charge in [-0.1, -0.05) is 6.92 Å². The zero-order valence-corrected chi connectivity index (χ0v) is 10.8. The monoisotopic (exact) mass is 230 g/mol. The van der Waals surface area contributed by atoms with Gasteiger partial charge in [0.2, 0.25) is 0 Å². The van der Waals surface area contributed by atoms with Gasteiger partial charge < -0.3 is 14.2 Å². The van der Waals surface area contributed by atoms with Crippen molar-refractivity contribution in [1.82, 2.24) is 0 Å². The standard InChI is InChI=1S/C12H22O4/c1-6-11(2,3)10(13)14-7-9-8-15-12(4,5)16-9/h9H,6-8H2,1-5H3. The molecule has 0 saturated carbocycles. The van der Waals surface area contributed by atoms with E-state index in [9.17, 15) is 4.79 Å². The van der Waals surface area contributed by atoms with Crippen LogP contribution in [0.2, 0.25) is 0 Å². The Morgan fingerprint density at radius 1 is 1.50 bits per heavy atom. The molecule has 1 saturated heterocycles. The summed E-state index contributed by atoms with van der Waals surface area (Å²) in [6.45, 7) is 10.2. The maximum Gasteiger partial charge on any atom is 0.311 e. The van der Waals surface area contributed by atoms with E-state index >= 15 is 0 Å². The molecule has 1 atom stereocenters. The summed E-state index contributed by atoms with van der Waals surface area (Å²) in [7, 11) is 0. The fourth-order valence-electron chi connectivity index (χ4n) is 1.35. The summed E-state index contributed by atoms with van der Waals surface area (Å²) in [5.74, 6) is -0.736. The average Bonchev–Trinajstić information content (AvgIpc) is 2.54. The molecule has 1 heterocycles. The van der Waals surface area contributed by atoms with Gasteiger partial charge in [-0.05, 0) is 34.1 Å². The van der Waals surface area contributed by atoms with E-state index in [1.807, 2.05) is 34.6 Å². The van der Waals surface area contributed by atoms with Crippen LogP contribution in [0, 0.1) is 5.41 Å². The van der Waals surface area contributed by atoms with Gasteiger partial charge in [0, 0.05) is 0 Å². The lowest BCUT2D eigenvalue weighted by atomic mass is 9.91. The summed E-state index contributed by atoms with van der Waals surface area (Å²) in [6, 6.07) is 0. The smallest absolute Gasteiger partial charge is 0.311 e. The molecule has 0 amide bonds. The van der Waals surface area contributed by atoms with Crippen LogP contribution in [0.25, 0.3) is 0 Å².